The van der Waals surface area contributed by atoms with Crippen LogP contribution in [0.1, 0.15) is 45.1 Å². The second kappa shape index (κ2) is 3.83. The lowest BCUT2D eigenvalue weighted by molar-refractivity contribution is 0.115. The molecule has 1 aromatic rings. The molecule has 2 rings (SSSR count). The lowest BCUT2D eigenvalue weighted by Crippen LogP contribution is -2.32. The molecule has 0 atom stereocenters. The van der Waals surface area contributed by atoms with Crippen molar-refractivity contribution in [1.82, 2.24) is 0 Å². The lowest BCUT2D eigenvalue weighted by atomic mass is 9.61. The molecule has 1 aliphatic rings. The molecule has 0 amide bonds. The SMILES string of the molecule is CC(C)(C)C1CC(c2ccc(Cl)cc2)C1. The van der Waals surface area contributed by atoms with Gasteiger partial charge in [-0.25, -0.2) is 0 Å². The van der Waals surface area contributed by atoms with Gasteiger partial charge in [0.2, 0.25) is 0 Å². The Labute approximate surface area is 97.6 Å². The number of hydrogen-bond acceptors (Lipinski definition) is 0. The third-order valence-corrected chi connectivity index (χ3v) is 3.96. The molecule has 0 bridgehead atoms. The van der Waals surface area contributed by atoms with Crippen molar-refractivity contribution < 1.29 is 0 Å². The van der Waals surface area contributed by atoms with Crippen LogP contribution in [0.15, 0.2) is 24.3 Å². The van der Waals surface area contributed by atoms with E-state index in [1.807, 2.05) is 12.1 Å². The van der Waals surface area contributed by atoms with Crippen LogP contribution in [0.4, 0.5) is 0 Å². The summed E-state index contributed by atoms with van der Waals surface area (Å²) in [7, 11) is 0. The second-order valence-electron chi connectivity index (χ2n) is 5.78. The normalized spacial score (nSPS) is 26.1. The zero-order valence-corrected chi connectivity index (χ0v) is 10.5. The van der Waals surface area contributed by atoms with E-state index in [-0.39, 0.29) is 0 Å². The number of halogens is 1. The van der Waals surface area contributed by atoms with Crippen LogP contribution in [0.5, 0.6) is 0 Å². The Morgan fingerprint density at radius 1 is 1.07 bits per heavy atom. The molecule has 1 heteroatoms. The van der Waals surface area contributed by atoms with Crippen LogP contribution in [0.2, 0.25) is 5.02 Å². The zero-order chi connectivity index (χ0) is 11.1. The fourth-order valence-corrected chi connectivity index (χ4v) is 2.46. The van der Waals surface area contributed by atoms with Crippen LogP contribution in [0.3, 0.4) is 0 Å². The van der Waals surface area contributed by atoms with E-state index < -0.39 is 0 Å². The van der Waals surface area contributed by atoms with E-state index in [9.17, 15) is 0 Å². The van der Waals surface area contributed by atoms with Crippen molar-refractivity contribution in [2.24, 2.45) is 11.3 Å². The van der Waals surface area contributed by atoms with E-state index in [0.717, 1.165) is 16.9 Å². The molecule has 0 saturated heterocycles. The summed E-state index contributed by atoms with van der Waals surface area (Å²) in [6, 6.07) is 8.35. The first-order chi connectivity index (χ1) is 6.97. The molecule has 1 aliphatic carbocycles. The lowest BCUT2D eigenvalue weighted by Gasteiger charge is -2.44. The minimum Gasteiger partial charge on any atom is -0.0843 e. The standard InChI is InChI=1S/C14H19Cl/c1-14(2,3)12-8-11(9-12)10-4-6-13(15)7-5-10/h4-7,11-12H,8-9H2,1-3H3. The van der Waals surface area contributed by atoms with E-state index in [4.69, 9.17) is 11.6 Å². The van der Waals surface area contributed by atoms with Crippen molar-refractivity contribution in [3.05, 3.63) is 34.9 Å². The van der Waals surface area contributed by atoms with Crippen LogP contribution < -0.4 is 0 Å². The zero-order valence-electron chi connectivity index (χ0n) is 9.76. The van der Waals surface area contributed by atoms with Crippen LogP contribution in [0, 0.1) is 11.3 Å². The highest BCUT2D eigenvalue weighted by molar-refractivity contribution is 6.30. The summed E-state index contributed by atoms with van der Waals surface area (Å²) in [5, 5.41) is 0.838. The summed E-state index contributed by atoms with van der Waals surface area (Å²) in [6.07, 6.45) is 2.68. The summed E-state index contributed by atoms with van der Waals surface area (Å²) in [6.45, 7) is 7.03. The molecule has 82 valence electrons. The van der Waals surface area contributed by atoms with Gasteiger partial charge in [-0.1, -0.05) is 44.5 Å². The first-order valence-corrected chi connectivity index (χ1v) is 6.10. The first-order valence-electron chi connectivity index (χ1n) is 5.72. The monoisotopic (exact) mass is 222 g/mol. The average molecular weight is 223 g/mol. The minimum atomic E-state index is 0.475. The van der Waals surface area contributed by atoms with Gasteiger partial charge < -0.3 is 0 Å². The minimum absolute atomic E-state index is 0.475. The van der Waals surface area contributed by atoms with Gasteiger partial charge in [0.15, 0.2) is 0 Å². The van der Waals surface area contributed by atoms with E-state index >= 15 is 0 Å². The van der Waals surface area contributed by atoms with E-state index in [1.165, 1.54) is 18.4 Å². The molecule has 1 saturated carbocycles. The molecule has 0 aromatic heterocycles. The molecular weight excluding hydrogens is 204 g/mol. The fourth-order valence-electron chi connectivity index (χ4n) is 2.33. The fraction of sp³-hybridized carbons (Fsp3) is 0.571. The van der Waals surface area contributed by atoms with Crippen molar-refractivity contribution in [2.75, 3.05) is 0 Å². The second-order valence-corrected chi connectivity index (χ2v) is 6.22. The van der Waals surface area contributed by atoms with Crippen LogP contribution >= 0.6 is 11.6 Å². The van der Waals surface area contributed by atoms with E-state index in [0.29, 0.717) is 5.41 Å². The molecule has 0 radical (unpaired) electrons. The Morgan fingerprint density at radius 3 is 2.07 bits per heavy atom. The molecular formula is C14H19Cl. The van der Waals surface area contributed by atoms with Crippen LogP contribution in [0.25, 0.3) is 0 Å². The van der Waals surface area contributed by atoms with Crippen molar-refractivity contribution in [1.29, 1.82) is 0 Å². The summed E-state index contributed by atoms with van der Waals surface area (Å²) >= 11 is 5.88. The molecule has 0 spiro atoms. The average Bonchev–Trinajstić information content (AvgIpc) is 2.03. The smallest absolute Gasteiger partial charge is 0.0406 e. The predicted molar refractivity (Wildman–Crippen MR) is 66.4 cm³/mol. The first kappa shape index (κ1) is 11.0. The molecule has 1 aromatic carbocycles. The number of benzene rings is 1. The van der Waals surface area contributed by atoms with Gasteiger partial charge >= 0.3 is 0 Å². The third-order valence-electron chi connectivity index (χ3n) is 3.70. The van der Waals surface area contributed by atoms with Crippen LogP contribution in [-0.4, -0.2) is 0 Å². The van der Waals surface area contributed by atoms with Crippen molar-refractivity contribution in [3.8, 4) is 0 Å². The van der Waals surface area contributed by atoms with Gasteiger partial charge in [-0.15, -0.1) is 0 Å². The number of hydrogen-bond donors (Lipinski definition) is 0. The maximum absolute atomic E-state index is 5.88. The summed E-state index contributed by atoms with van der Waals surface area (Å²) in [4.78, 5) is 0. The highest BCUT2D eigenvalue weighted by Gasteiger charge is 2.37. The summed E-state index contributed by atoms with van der Waals surface area (Å²) < 4.78 is 0. The number of rotatable bonds is 1. The van der Waals surface area contributed by atoms with Crippen molar-refractivity contribution in [3.63, 3.8) is 0 Å². The Balaban J connectivity index is 1.98. The predicted octanol–water partition coefficient (Wildman–Crippen LogP) is 4.88. The van der Waals surface area contributed by atoms with Crippen molar-refractivity contribution >= 4 is 11.6 Å². The van der Waals surface area contributed by atoms with E-state index in [2.05, 4.69) is 32.9 Å². The van der Waals surface area contributed by atoms with Gasteiger partial charge in [-0.2, -0.15) is 0 Å². The topological polar surface area (TPSA) is 0 Å². The van der Waals surface area contributed by atoms with Gasteiger partial charge in [-0.3, -0.25) is 0 Å². The maximum Gasteiger partial charge on any atom is 0.0406 e. The van der Waals surface area contributed by atoms with E-state index in [1.54, 1.807) is 0 Å². The summed E-state index contributed by atoms with van der Waals surface area (Å²) in [5.74, 6) is 1.66. The molecule has 15 heavy (non-hydrogen) atoms. The van der Waals surface area contributed by atoms with Crippen LogP contribution in [-0.2, 0) is 0 Å². The molecule has 0 unspecified atom stereocenters. The molecule has 0 nitrogen and oxygen atoms in total. The molecule has 0 N–H and O–H groups in total. The molecule has 0 heterocycles. The Kier molecular flexibility index (Phi) is 2.81. The largest absolute Gasteiger partial charge is 0.0843 e. The van der Waals surface area contributed by atoms with Gasteiger partial charge in [-0.05, 0) is 47.8 Å². The van der Waals surface area contributed by atoms with Gasteiger partial charge in [0.1, 0.15) is 0 Å². The Hall–Kier alpha value is -0.490. The maximum atomic E-state index is 5.88. The van der Waals surface area contributed by atoms with Gasteiger partial charge in [0.05, 0.1) is 0 Å². The Bertz CT molecular complexity index is 325. The Morgan fingerprint density at radius 2 is 1.60 bits per heavy atom. The third kappa shape index (κ3) is 2.36. The summed E-state index contributed by atoms with van der Waals surface area (Å²) in [5.41, 5.74) is 1.93. The highest BCUT2D eigenvalue weighted by Crippen LogP contribution is 2.49. The van der Waals surface area contributed by atoms with Crippen molar-refractivity contribution in [2.45, 2.75) is 39.5 Å². The molecule has 1 fully saturated rings. The van der Waals surface area contributed by atoms with Gasteiger partial charge in [0, 0.05) is 5.02 Å². The molecule has 0 aliphatic heterocycles. The quantitative estimate of drug-likeness (QED) is 0.635. The van der Waals surface area contributed by atoms with Gasteiger partial charge in [0.25, 0.3) is 0 Å². The highest BCUT2D eigenvalue weighted by atomic mass is 35.5.